The molecular formula is C31H28Cl2N6O8S. The van der Waals surface area contributed by atoms with Crippen LogP contribution in [0.1, 0.15) is 11.1 Å². The third-order valence-electron chi connectivity index (χ3n) is 7.87. The van der Waals surface area contributed by atoms with Crippen LogP contribution in [0.4, 0.5) is 4.79 Å². The van der Waals surface area contributed by atoms with Crippen molar-refractivity contribution in [2.24, 2.45) is 14.1 Å². The smallest absolute Gasteiger partial charge is 0.332 e. The van der Waals surface area contributed by atoms with E-state index >= 15 is 0 Å². The maximum absolute atomic E-state index is 13.3. The minimum atomic E-state index is -0.580. The van der Waals surface area contributed by atoms with Gasteiger partial charge in [-0.1, -0.05) is 35.3 Å². The number of methoxy groups -OCH3 is 1. The molecule has 0 atom stereocenters. The summed E-state index contributed by atoms with van der Waals surface area (Å²) in [4.78, 5) is 71.6. The lowest BCUT2D eigenvalue weighted by Gasteiger charge is -2.28. The second kappa shape index (κ2) is 13.5. The SMILES string of the molecule is COc1cc(C=C2SC(=O)N(CC(=O)N3CCOCC3)C2=O)ccc1Oc1nc2c(c(=O)n(C)c(=O)n2C)n1Cc1ccc(Cl)cc1Cl. The summed E-state index contributed by atoms with van der Waals surface area (Å²) >= 11 is 13.3. The van der Waals surface area contributed by atoms with Crippen molar-refractivity contribution >= 4 is 69.3 Å². The van der Waals surface area contributed by atoms with Gasteiger partial charge in [-0.15, -0.1) is 0 Å². The molecule has 6 rings (SSSR count). The van der Waals surface area contributed by atoms with Gasteiger partial charge in [-0.3, -0.25) is 37.8 Å². The number of hydrogen-bond donors (Lipinski definition) is 0. The number of nitrogens with zero attached hydrogens (tertiary/aromatic N) is 6. The van der Waals surface area contributed by atoms with Crippen LogP contribution in [0.5, 0.6) is 17.5 Å². The topological polar surface area (TPSA) is 147 Å². The van der Waals surface area contributed by atoms with Gasteiger partial charge in [-0.05, 0) is 53.2 Å². The summed E-state index contributed by atoms with van der Waals surface area (Å²) in [5.41, 5.74) is 0.194. The molecule has 4 aromatic rings. The summed E-state index contributed by atoms with van der Waals surface area (Å²) in [7, 11) is 4.29. The molecule has 2 aromatic heterocycles. The van der Waals surface area contributed by atoms with Crippen molar-refractivity contribution in [3.8, 4) is 17.5 Å². The lowest BCUT2D eigenvalue weighted by molar-refractivity contribution is -0.139. The summed E-state index contributed by atoms with van der Waals surface area (Å²) in [5.74, 6) is -0.449. The van der Waals surface area contributed by atoms with Crippen molar-refractivity contribution in [3.05, 3.63) is 83.3 Å². The molecule has 0 spiro atoms. The van der Waals surface area contributed by atoms with Crippen LogP contribution in [0.2, 0.25) is 10.0 Å². The van der Waals surface area contributed by atoms with E-state index in [4.69, 9.17) is 37.4 Å². The number of aromatic nitrogens is 4. The highest BCUT2D eigenvalue weighted by Gasteiger charge is 2.37. The first kappa shape index (κ1) is 33.3. The fourth-order valence-corrected chi connectivity index (χ4v) is 6.57. The van der Waals surface area contributed by atoms with Crippen molar-refractivity contribution in [1.29, 1.82) is 0 Å². The Hall–Kier alpha value is -4.57. The molecule has 2 aliphatic rings. The zero-order chi connectivity index (χ0) is 34.3. The summed E-state index contributed by atoms with van der Waals surface area (Å²) in [6.07, 6.45) is 1.52. The standard InChI is InChI=1S/C31H28Cl2N6O8S/c1-35-26-25(28(42)36(2)30(35)43)38(15-18-5-6-19(32)14-20(18)33)29(34-26)47-21-7-4-17(12-22(21)45-3)13-23-27(41)39(31(44)48-23)16-24(40)37-8-10-46-11-9-37/h4-7,12-14H,8-11,15-16H2,1-3H3. The largest absolute Gasteiger partial charge is 0.493 e. The van der Waals surface area contributed by atoms with E-state index in [-0.39, 0.29) is 52.6 Å². The molecule has 0 saturated carbocycles. The summed E-state index contributed by atoms with van der Waals surface area (Å²) in [6, 6.07) is 9.74. The molecule has 4 heterocycles. The minimum Gasteiger partial charge on any atom is -0.493 e. The number of aryl methyl sites for hydroxylation is 1. The molecule has 3 amide bonds. The van der Waals surface area contributed by atoms with Gasteiger partial charge in [0, 0.05) is 37.2 Å². The van der Waals surface area contributed by atoms with E-state index in [0.717, 1.165) is 21.2 Å². The van der Waals surface area contributed by atoms with Crippen LogP contribution in [-0.4, -0.2) is 85.5 Å². The van der Waals surface area contributed by atoms with E-state index in [1.54, 1.807) is 41.3 Å². The number of hydrogen-bond acceptors (Lipinski definition) is 10. The van der Waals surface area contributed by atoms with Crippen LogP contribution in [-0.2, 0) is 35.0 Å². The fourth-order valence-electron chi connectivity index (χ4n) is 5.26. The van der Waals surface area contributed by atoms with Gasteiger partial charge in [0.1, 0.15) is 6.54 Å². The van der Waals surface area contributed by atoms with E-state index in [1.807, 2.05) is 0 Å². The molecule has 2 fully saturated rings. The van der Waals surface area contributed by atoms with Gasteiger partial charge in [0.15, 0.2) is 22.7 Å². The van der Waals surface area contributed by atoms with Crippen molar-refractivity contribution < 1.29 is 28.6 Å². The van der Waals surface area contributed by atoms with E-state index in [2.05, 4.69) is 4.98 Å². The molecule has 250 valence electrons. The van der Waals surface area contributed by atoms with Crippen LogP contribution in [0.15, 0.2) is 50.9 Å². The number of halogens is 2. The molecule has 0 radical (unpaired) electrons. The highest BCUT2D eigenvalue weighted by atomic mass is 35.5. The van der Waals surface area contributed by atoms with E-state index < -0.39 is 22.4 Å². The Morgan fingerprint density at radius 1 is 1.02 bits per heavy atom. The minimum absolute atomic E-state index is 0.0218. The molecule has 48 heavy (non-hydrogen) atoms. The highest BCUT2D eigenvalue weighted by Crippen LogP contribution is 2.37. The molecule has 2 aliphatic heterocycles. The van der Waals surface area contributed by atoms with E-state index in [0.29, 0.717) is 47.5 Å². The molecule has 17 heteroatoms. The van der Waals surface area contributed by atoms with Gasteiger partial charge in [0.2, 0.25) is 5.91 Å². The molecule has 0 aliphatic carbocycles. The van der Waals surface area contributed by atoms with Crippen molar-refractivity contribution in [2.45, 2.75) is 6.54 Å². The maximum Gasteiger partial charge on any atom is 0.332 e. The zero-order valence-corrected chi connectivity index (χ0v) is 28.2. The number of thioether (sulfide) groups is 1. The number of carbonyl (C=O) groups excluding carboxylic acids is 3. The number of morpholine rings is 1. The summed E-state index contributed by atoms with van der Waals surface area (Å²) < 4.78 is 20.8. The van der Waals surface area contributed by atoms with Gasteiger partial charge in [0.25, 0.3) is 16.7 Å². The molecule has 2 saturated heterocycles. The van der Waals surface area contributed by atoms with Crippen LogP contribution >= 0.6 is 35.0 Å². The first-order valence-corrected chi connectivity index (χ1v) is 16.1. The van der Waals surface area contributed by atoms with Crippen molar-refractivity contribution in [3.63, 3.8) is 0 Å². The number of benzene rings is 2. The lowest BCUT2D eigenvalue weighted by atomic mass is 10.2. The second-order valence-corrected chi connectivity index (χ2v) is 12.7. The number of rotatable bonds is 8. The van der Waals surface area contributed by atoms with Gasteiger partial charge < -0.3 is 19.1 Å². The number of imidazole rings is 1. The molecular weight excluding hydrogens is 687 g/mol. The average molecular weight is 716 g/mol. The molecule has 0 unspecified atom stereocenters. The number of carbonyl (C=O) groups is 3. The first-order valence-electron chi connectivity index (χ1n) is 14.5. The monoisotopic (exact) mass is 714 g/mol. The molecule has 0 bridgehead atoms. The van der Waals surface area contributed by atoms with Crippen LogP contribution in [0.25, 0.3) is 17.2 Å². The quantitative estimate of drug-likeness (QED) is 0.249. The Morgan fingerprint density at radius 2 is 1.77 bits per heavy atom. The van der Waals surface area contributed by atoms with Crippen LogP contribution in [0, 0.1) is 0 Å². The normalized spacial score (nSPS) is 16.0. The highest BCUT2D eigenvalue weighted by molar-refractivity contribution is 8.18. The van der Waals surface area contributed by atoms with Crippen molar-refractivity contribution in [1.82, 2.24) is 28.5 Å². The van der Waals surface area contributed by atoms with Crippen molar-refractivity contribution in [2.75, 3.05) is 40.0 Å². The first-order chi connectivity index (χ1) is 23.0. The Morgan fingerprint density at radius 3 is 2.48 bits per heavy atom. The number of fused-ring (bicyclic) bond motifs is 1. The van der Waals surface area contributed by atoms with Crippen LogP contribution < -0.4 is 20.7 Å². The van der Waals surface area contributed by atoms with Gasteiger partial charge in [-0.25, -0.2) is 4.79 Å². The van der Waals surface area contributed by atoms with E-state index in [9.17, 15) is 24.0 Å². The molecule has 2 aromatic carbocycles. The fraction of sp³-hybridized carbons (Fsp3) is 0.290. The van der Waals surface area contributed by atoms with Gasteiger partial charge in [-0.2, -0.15) is 4.98 Å². The van der Waals surface area contributed by atoms with Crippen LogP contribution in [0.3, 0.4) is 0 Å². The number of amides is 3. The Balaban J connectivity index is 1.31. The van der Waals surface area contributed by atoms with Gasteiger partial charge in [0.05, 0.1) is 31.8 Å². The third-order valence-corrected chi connectivity index (χ3v) is 9.37. The predicted molar refractivity (Wildman–Crippen MR) is 179 cm³/mol. The summed E-state index contributed by atoms with van der Waals surface area (Å²) in [5, 5.41) is 0.249. The number of imide groups is 1. The Bertz CT molecular complexity index is 2140. The molecule has 0 N–H and O–H groups in total. The number of ether oxygens (including phenoxy) is 3. The predicted octanol–water partition coefficient (Wildman–Crippen LogP) is 3.48. The third kappa shape index (κ3) is 6.33. The zero-order valence-electron chi connectivity index (χ0n) is 25.9. The van der Waals surface area contributed by atoms with Gasteiger partial charge >= 0.3 is 11.7 Å². The molecule has 14 nitrogen and oxygen atoms in total. The second-order valence-electron chi connectivity index (χ2n) is 10.9. The Labute approximate surface area is 287 Å². The van der Waals surface area contributed by atoms with E-state index in [1.165, 1.54) is 36.4 Å². The average Bonchev–Trinajstić information content (AvgIpc) is 3.56. The summed E-state index contributed by atoms with van der Waals surface area (Å²) in [6.45, 7) is 1.32. The lowest BCUT2D eigenvalue weighted by Crippen LogP contribution is -2.46. The Kier molecular flexibility index (Phi) is 9.38. The maximum atomic E-state index is 13.3.